The van der Waals surface area contributed by atoms with E-state index in [-0.39, 0.29) is 12.5 Å². The summed E-state index contributed by atoms with van der Waals surface area (Å²) in [5.74, 6) is -0.847. The van der Waals surface area contributed by atoms with E-state index in [4.69, 9.17) is 17.3 Å². The topological polar surface area (TPSA) is 126 Å². The lowest BCUT2D eigenvalue weighted by Crippen LogP contribution is -2.70. The highest BCUT2D eigenvalue weighted by molar-refractivity contribution is 6.31. The van der Waals surface area contributed by atoms with Crippen molar-refractivity contribution in [1.29, 1.82) is 0 Å². The number of carbonyl (C=O) groups excluding carboxylic acids is 3. The van der Waals surface area contributed by atoms with E-state index in [1.165, 1.54) is 4.90 Å². The van der Waals surface area contributed by atoms with Gasteiger partial charge in [-0.1, -0.05) is 30.7 Å². The van der Waals surface area contributed by atoms with Crippen LogP contribution in [0.25, 0.3) is 0 Å². The summed E-state index contributed by atoms with van der Waals surface area (Å²) in [5.41, 5.74) is 8.27. The second-order valence-electron chi connectivity index (χ2n) is 9.16. The maximum atomic E-state index is 13.6. The lowest BCUT2D eigenvalue weighted by Gasteiger charge is -2.45. The molecule has 0 bridgehead atoms. The third-order valence-electron chi connectivity index (χ3n) is 6.75. The first-order chi connectivity index (χ1) is 17.6. The van der Waals surface area contributed by atoms with E-state index in [2.05, 4.69) is 15.4 Å². The van der Waals surface area contributed by atoms with Crippen LogP contribution >= 0.6 is 11.6 Å². The van der Waals surface area contributed by atoms with Crippen LogP contribution in [0.2, 0.25) is 5.02 Å². The van der Waals surface area contributed by atoms with Crippen LogP contribution in [0.15, 0.2) is 48.8 Å². The number of hydrogen-bond acceptors (Lipinski definition) is 6. The van der Waals surface area contributed by atoms with E-state index in [1.54, 1.807) is 55.4 Å². The van der Waals surface area contributed by atoms with Gasteiger partial charge >= 0.3 is 6.03 Å². The van der Waals surface area contributed by atoms with E-state index >= 15 is 0 Å². The summed E-state index contributed by atoms with van der Waals surface area (Å²) in [7, 11) is 3.32. The number of anilines is 2. The predicted octanol–water partition coefficient (Wildman–Crippen LogP) is 3.25. The van der Waals surface area contributed by atoms with Gasteiger partial charge in [0.25, 0.3) is 5.91 Å². The minimum atomic E-state index is -1.01. The van der Waals surface area contributed by atoms with Crippen molar-refractivity contribution in [2.24, 2.45) is 13.0 Å². The molecule has 3 heterocycles. The number of benzene rings is 1. The number of urea groups is 1. The Morgan fingerprint density at radius 2 is 2.03 bits per heavy atom. The Morgan fingerprint density at radius 3 is 2.68 bits per heavy atom. The molecule has 0 spiro atoms. The van der Waals surface area contributed by atoms with E-state index in [9.17, 15) is 14.4 Å². The zero-order valence-electron chi connectivity index (χ0n) is 21.2. The van der Waals surface area contributed by atoms with Crippen LogP contribution in [-0.2, 0) is 23.1 Å². The number of nitrogen functional groups attached to an aromatic ring is 1. The van der Waals surface area contributed by atoms with Crippen molar-refractivity contribution < 1.29 is 14.4 Å². The molecule has 1 aromatic carbocycles. The normalized spacial score (nSPS) is 17.8. The van der Waals surface area contributed by atoms with Gasteiger partial charge in [-0.05, 0) is 54.7 Å². The number of nitrogens with two attached hydrogens (primary N) is 1. The van der Waals surface area contributed by atoms with Crippen LogP contribution in [0.1, 0.15) is 36.1 Å². The summed E-state index contributed by atoms with van der Waals surface area (Å²) in [4.78, 5) is 46.7. The molecule has 194 valence electrons. The lowest BCUT2D eigenvalue weighted by atomic mass is 9.81. The Morgan fingerprint density at radius 1 is 1.27 bits per heavy atom. The van der Waals surface area contributed by atoms with Gasteiger partial charge in [-0.3, -0.25) is 24.1 Å². The number of rotatable bonds is 7. The molecule has 3 N–H and O–H groups in total. The zero-order valence-corrected chi connectivity index (χ0v) is 21.9. The van der Waals surface area contributed by atoms with Crippen molar-refractivity contribution in [3.8, 4) is 0 Å². The minimum Gasteiger partial charge on any atom is -0.384 e. The number of β-lactam (4-membered cyclic amide) rings is 1. The second-order valence-corrected chi connectivity index (χ2v) is 9.57. The maximum absolute atomic E-state index is 13.6. The zero-order chi connectivity index (χ0) is 26.9. The van der Waals surface area contributed by atoms with E-state index in [1.807, 2.05) is 26.0 Å². The number of carbonyl (C=O) groups is 3. The molecule has 0 radical (unpaired) electrons. The Bertz CT molecular complexity index is 1340. The number of likely N-dealkylation sites (N-methyl/N-ethyl adjacent to an activating group) is 1. The molecule has 1 saturated heterocycles. The molecule has 11 heteroatoms. The van der Waals surface area contributed by atoms with Crippen molar-refractivity contribution in [1.82, 2.24) is 25.0 Å². The van der Waals surface area contributed by atoms with E-state index in [0.717, 1.165) is 21.6 Å². The Balaban J connectivity index is 1.61. The molecule has 1 aliphatic heterocycles. The van der Waals surface area contributed by atoms with Gasteiger partial charge in [-0.2, -0.15) is 5.10 Å². The van der Waals surface area contributed by atoms with Gasteiger partial charge in [-0.25, -0.2) is 9.78 Å². The minimum absolute atomic E-state index is 0.242. The van der Waals surface area contributed by atoms with Crippen LogP contribution in [0.4, 0.5) is 16.4 Å². The summed E-state index contributed by atoms with van der Waals surface area (Å²) in [6.07, 6.45) is 4.08. The van der Waals surface area contributed by atoms with Crippen LogP contribution in [-0.4, -0.2) is 50.6 Å². The highest BCUT2D eigenvalue weighted by Gasteiger charge is 2.55. The molecular formula is C26H30ClN7O3. The highest BCUT2D eigenvalue weighted by Crippen LogP contribution is 2.34. The van der Waals surface area contributed by atoms with E-state index < -0.39 is 29.8 Å². The predicted molar refractivity (Wildman–Crippen MR) is 141 cm³/mol. The first-order valence-corrected chi connectivity index (χ1v) is 12.4. The molecule has 2 aromatic heterocycles. The van der Waals surface area contributed by atoms with Crippen molar-refractivity contribution in [2.75, 3.05) is 17.7 Å². The van der Waals surface area contributed by atoms with Gasteiger partial charge in [0.2, 0.25) is 5.91 Å². The van der Waals surface area contributed by atoms with Gasteiger partial charge in [0.1, 0.15) is 11.9 Å². The van der Waals surface area contributed by atoms with Crippen LogP contribution < -0.4 is 16.0 Å². The van der Waals surface area contributed by atoms with Crippen LogP contribution in [0.3, 0.4) is 0 Å². The molecule has 0 saturated carbocycles. The van der Waals surface area contributed by atoms with E-state index in [0.29, 0.717) is 23.1 Å². The van der Waals surface area contributed by atoms with Crippen molar-refractivity contribution in [2.45, 2.75) is 38.8 Å². The average molecular weight is 524 g/mol. The first kappa shape index (κ1) is 26.2. The molecular weight excluding hydrogens is 494 g/mol. The first-order valence-electron chi connectivity index (χ1n) is 12.0. The molecule has 0 aliphatic carbocycles. The number of aryl methyl sites for hydroxylation is 1. The summed E-state index contributed by atoms with van der Waals surface area (Å²) < 4.78 is 1.58. The van der Waals surface area contributed by atoms with Crippen molar-refractivity contribution in [3.05, 3.63) is 70.5 Å². The Labute approximate surface area is 220 Å². The van der Waals surface area contributed by atoms with Crippen molar-refractivity contribution in [3.63, 3.8) is 0 Å². The number of amides is 4. The molecule has 4 amide bonds. The molecule has 37 heavy (non-hydrogen) atoms. The summed E-state index contributed by atoms with van der Waals surface area (Å²) >= 11 is 6.29. The number of halogens is 1. The molecule has 1 fully saturated rings. The van der Waals surface area contributed by atoms with Gasteiger partial charge < -0.3 is 11.1 Å². The largest absolute Gasteiger partial charge is 0.384 e. The van der Waals surface area contributed by atoms with Crippen LogP contribution in [0, 0.1) is 12.8 Å². The summed E-state index contributed by atoms with van der Waals surface area (Å²) in [6.45, 7) is 3.81. The standard InChI is InChI=1S/C26H30ClN7O3/c1-5-20(17-7-6-8-19(27)15(17)2)30-26(37)34-23(25(36)33(4)22-10-12-32(3)31-22)18(24(34)35)13-16-9-11-29-21(28)14-16/h6-12,14,18,20,23H,5,13H2,1-4H3,(H2,28,29)(H,30,37)/t18-,20?,23+/m1/s1. The fraction of sp³-hybridized carbons (Fsp3) is 0.346. The summed E-state index contributed by atoms with van der Waals surface area (Å²) in [5, 5.41) is 7.80. The fourth-order valence-electron chi connectivity index (χ4n) is 4.64. The number of aromatic nitrogens is 3. The smallest absolute Gasteiger partial charge is 0.325 e. The third kappa shape index (κ3) is 5.15. The number of imide groups is 1. The molecule has 1 aliphatic rings. The van der Waals surface area contributed by atoms with Gasteiger partial charge in [0.15, 0.2) is 5.82 Å². The van der Waals surface area contributed by atoms with Crippen molar-refractivity contribution >= 4 is 41.1 Å². The number of nitrogens with one attached hydrogen (secondary N) is 1. The van der Waals surface area contributed by atoms with Gasteiger partial charge in [-0.15, -0.1) is 0 Å². The number of pyridine rings is 1. The Kier molecular flexibility index (Phi) is 7.49. The molecule has 1 unspecified atom stereocenters. The number of hydrogen-bond donors (Lipinski definition) is 2. The van der Waals surface area contributed by atoms with Gasteiger partial charge in [0.05, 0.1) is 12.0 Å². The monoisotopic (exact) mass is 523 g/mol. The lowest BCUT2D eigenvalue weighted by molar-refractivity contribution is -0.156. The number of likely N-dealkylation sites (tertiary alicyclic amines) is 1. The SMILES string of the molecule is CCC(NC(=O)N1C(=O)[C@H](Cc2ccnc(N)c2)[C@H]1C(=O)N(C)c1ccn(C)n1)c1cccc(Cl)c1C. The molecule has 3 aromatic rings. The third-order valence-corrected chi connectivity index (χ3v) is 7.16. The highest BCUT2D eigenvalue weighted by atomic mass is 35.5. The average Bonchev–Trinajstić information content (AvgIpc) is 3.31. The molecule has 10 nitrogen and oxygen atoms in total. The van der Waals surface area contributed by atoms with Gasteiger partial charge in [0, 0.05) is 37.6 Å². The Hall–Kier alpha value is -3.92. The molecule has 3 atom stereocenters. The maximum Gasteiger partial charge on any atom is 0.325 e. The fourth-order valence-corrected chi connectivity index (χ4v) is 4.83. The second kappa shape index (κ2) is 10.6. The number of nitrogens with zero attached hydrogens (tertiary/aromatic N) is 5. The van der Waals surface area contributed by atoms with Crippen LogP contribution in [0.5, 0.6) is 0 Å². The molecule has 4 rings (SSSR count). The quantitative estimate of drug-likeness (QED) is 0.458. The summed E-state index contributed by atoms with van der Waals surface area (Å²) in [6, 6.07) is 8.56.